The van der Waals surface area contributed by atoms with E-state index in [0.717, 1.165) is 42.7 Å². The molecule has 2 amide bonds. The number of nitrogens with zero attached hydrogens (tertiary/aromatic N) is 2. The van der Waals surface area contributed by atoms with Crippen molar-refractivity contribution in [2.75, 3.05) is 25.1 Å². The van der Waals surface area contributed by atoms with Gasteiger partial charge >= 0.3 is 0 Å². The number of carbonyl (C=O) groups is 2. The zero-order chi connectivity index (χ0) is 20.4. The van der Waals surface area contributed by atoms with Crippen molar-refractivity contribution in [3.8, 4) is 5.75 Å². The average molecular weight is 390 g/mol. The normalized spacial score (nSPS) is 16.1. The lowest BCUT2D eigenvalue weighted by molar-refractivity contribution is -0.136. The predicted molar refractivity (Wildman–Crippen MR) is 114 cm³/mol. The molecule has 2 aromatic carbocycles. The molecule has 0 spiro atoms. The fraction of sp³-hybridized carbons (Fsp3) is 0.333. The number of rotatable bonds is 7. The molecule has 0 bridgehead atoms. The molecular formula is C24H26N2O3. The van der Waals surface area contributed by atoms with Gasteiger partial charge in [0.1, 0.15) is 11.4 Å². The monoisotopic (exact) mass is 390 g/mol. The molecule has 0 saturated heterocycles. The Kier molecular flexibility index (Phi) is 5.38. The van der Waals surface area contributed by atoms with Crippen molar-refractivity contribution in [2.45, 2.75) is 32.6 Å². The molecule has 2 aromatic rings. The number of para-hydroxylation sites is 1. The van der Waals surface area contributed by atoms with E-state index in [2.05, 4.69) is 13.0 Å². The highest BCUT2D eigenvalue weighted by Crippen LogP contribution is 2.38. The van der Waals surface area contributed by atoms with E-state index < -0.39 is 0 Å². The maximum absolute atomic E-state index is 13.4. The highest BCUT2D eigenvalue weighted by atomic mass is 16.5. The van der Waals surface area contributed by atoms with Crippen LogP contribution in [0.25, 0.3) is 5.57 Å². The Labute approximate surface area is 171 Å². The molecule has 0 atom stereocenters. The van der Waals surface area contributed by atoms with Crippen LogP contribution in [0.5, 0.6) is 5.75 Å². The van der Waals surface area contributed by atoms with E-state index in [1.807, 2.05) is 47.4 Å². The number of ether oxygens (including phenoxy) is 1. The van der Waals surface area contributed by atoms with Crippen LogP contribution < -0.4 is 9.64 Å². The maximum Gasteiger partial charge on any atom is 0.278 e. The van der Waals surface area contributed by atoms with Gasteiger partial charge in [-0.05, 0) is 42.2 Å². The fourth-order valence-electron chi connectivity index (χ4n) is 4.13. The van der Waals surface area contributed by atoms with Gasteiger partial charge < -0.3 is 9.64 Å². The van der Waals surface area contributed by atoms with Gasteiger partial charge in [0, 0.05) is 18.8 Å². The molecule has 0 unspecified atom stereocenters. The summed E-state index contributed by atoms with van der Waals surface area (Å²) < 4.78 is 5.25. The number of hydrogen-bond donors (Lipinski definition) is 0. The lowest BCUT2D eigenvalue weighted by atomic mass is 10.0. The minimum Gasteiger partial charge on any atom is -0.497 e. The molecule has 150 valence electrons. The molecule has 0 fully saturated rings. The predicted octanol–water partition coefficient (Wildman–Crippen LogP) is 4.03. The minimum absolute atomic E-state index is 0.186. The number of fused-ring (bicyclic) bond motifs is 1. The Hall–Kier alpha value is -3.08. The SMILES string of the molecule is CCCCCN1C(=O)C(c2ccc(OC)cc2)=C(N2CCc3ccccc32)C1=O. The lowest BCUT2D eigenvalue weighted by Crippen LogP contribution is -2.35. The third-order valence-corrected chi connectivity index (χ3v) is 5.66. The van der Waals surface area contributed by atoms with Crippen LogP contribution in [0.4, 0.5) is 5.69 Å². The summed E-state index contributed by atoms with van der Waals surface area (Å²) in [5.74, 6) is 0.336. The highest BCUT2D eigenvalue weighted by Gasteiger charge is 2.42. The third-order valence-electron chi connectivity index (χ3n) is 5.66. The highest BCUT2D eigenvalue weighted by molar-refractivity contribution is 6.36. The second kappa shape index (κ2) is 8.11. The number of anilines is 1. The first-order valence-corrected chi connectivity index (χ1v) is 10.3. The molecule has 2 aliphatic rings. The van der Waals surface area contributed by atoms with Gasteiger partial charge in [-0.15, -0.1) is 0 Å². The number of hydrogen-bond acceptors (Lipinski definition) is 4. The van der Waals surface area contributed by atoms with Gasteiger partial charge in [0.15, 0.2) is 0 Å². The van der Waals surface area contributed by atoms with Gasteiger partial charge in [0.2, 0.25) is 0 Å². The van der Waals surface area contributed by atoms with Crippen molar-refractivity contribution in [1.82, 2.24) is 4.90 Å². The number of unbranched alkanes of at least 4 members (excludes halogenated alkanes) is 2. The summed E-state index contributed by atoms with van der Waals surface area (Å²) in [6.07, 6.45) is 3.73. The van der Waals surface area contributed by atoms with Crippen molar-refractivity contribution < 1.29 is 14.3 Å². The van der Waals surface area contributed by atoms with Crippen LogP contribution in [0.2, 0.25) is 0 Å². The maximum atomic E-state index is 13.4. The number of benzene rings is 2. The molecule has 29 heavy (non-hydrogen) atoms. The summed E-state index contributed by atoms with van der Waals surface area (Å²) >= 11 is 0. The summed E-state index contributed by atoms with van der Waals surface area (Å²) in [5, 5.41) is 0. The Balaban J connectivity index is 1.78. The molecular weight excluding hydrogens is 364 g/mol. The van der Waals surface area contributed by atoms with Crippen LogP contribution in [-0.4, -0.2) is 36.9 Å². The van der Waals surface area contributed by atoms with Gasteiger partial charge in [-0.3, -0.25) is 14.5 Å². The van der Waals surface area contributed by atoms with E-state index in [-0.39, 0.29) is 11.8 Å². The van der Waals surface area contributed by atoms with Crippen molar-refractivity contribution in [3.63, 3.8) is 0 Å². The second-order valence-corrected chi connectivity index (χ2v) is 7.45. The summed E-state index contributed by atoms with van der Waals surface area (Å²) in [6.45, 7) is 3.28. The number of carbonyl (C=O) groups excluding carboxylic acids is 2. The second-order valence-electron chi connectivity index (χ2n) is 7.45. The molecule has 2 aliphatic heterocycles. The summed E-state index contributed by atoms with van der Waals surface area (Å²) in [7, 11) is 1.61. The smallest absolute Gasteiger partial charge is 0.278 e. The topological polar surface area (TPSA) is 49.9 Å². The zero-order valence-corrected chi connectivity index (χ0v) is 17.0. The minimum atomic E-state index is -0.198. The Bertz CT molecular complexity index is 962. The largest absolute Gasteiger partial charge is 0.497 e. The first-order chi connectivity index (χ1) is 14.2. The first-order valence-electron chi connectivity index (χ1n) is 10.3. The Morgan fingerprint density at radius 1 is 0.966 bits per heavy atom. The van der Waals surface area contributed by atoms with Crippen LogP contribution >= 0.6 is 0 Å². The van der Waals surface area contributed by atoms with Gasteiger partial charge in [0.05, 0.1) is 12.7 Å². The molecule has 2 heterocycles. The number of imide groups is 1. The fourth-order valence-corrected chi connectivity index (χ4v) is 4.13. The van der Waals surface area contributed by atoms with Crippen molar-refractivity contribution in [2.24, 2.45) is 0 Å². The van der Waals surface area contributed by atoms with Crippen LogP contribution in [0.15, 0.2) is 54.2 Å². The number of methoxy groups -OCH3 is 1. The van der Waals surface area contributed by atoms with E-state index in [4.69, 9.17) is 4.74 Å². The number of amides is 2. The Morgan fingerprint density at radius 2 is 1.72 bits per heavy atom. The molecule has 5 heteroatoms. The Morgan fingerprint density at radius 3 is 2.45 bits per heavy atom. The molecule has 0 aliphatic carbocycles. The van der Waals surface area contributed by atoms with Crippen molar-refractivity contribution in [1.29, 1.82) is 0 Å². The van der Waals surface area contributed by atoms with Gasteiger partial charge in [-0.25, -0.2) is 0 Å². The average Bonchev–Trinajstić information content (AvgIpc) is 3.27. The molecule has 0 saturated carbocycles. The van der Waals surface area contributed by atoms with E-state index in [9.17, 15) is 9.59 Å². The van der Waals surface area contributed by atoms with Crippen molar-refractivity contribution >= 4 is 23.1 Å². The van der Waals surface area contributed by atoms with Gasteiger partial charge in [-0.1, -0.05) is 50.1 Å². The summed E-state index contributed by atoms with van der Waals surface area (Å²) in [5.41, 5.74) is 3.97. The molecule has 4 rings (SSSR count). The van der Waals surface area contributed by atoms with Crippen LogP contribution in [0.1, 0.15) is 37.3 Å². The van der Waals surface area contributed by atoms with Crippen molar-refractivity contribution in [3.05, 3.63) is 65.4 Å². The first kappa shape index (κ1) is 19.2. The third kappa shape index (κ3) is 3.41. The molecule has 0 aromatic heterocycles. The van der Waals surface area contributed by atoms with Crippen LogP contribution in [0, 0.1) is 0 Å². The van der Waals surface area contributed by atoms with Gasteiger partial charge in [0.25, 0.3) is 11.8 Å². The molecule has 0 N–H and O–H groups in total. The van der Waals surface area contributed by atoms with Crippen LogP contribution in [-0.2, 0) is 16.0 Å². The van der Waals surface area contributed by atoms with E-state index >= 15 is 0 Å². The van der Waals surface area contributed by atoms with Crippen LogP contribution in [0.3, 0.4) is 0 Å². The summed E-state index contributed by atoms with van der Waals surface area (Å²) in [6, 6.07) is 15.5. The lowest BCUT2D eigenvalue weighted by Gasteiger charge is -2.21. The van der Waals surface area contributed by atoms with Gasteiger partial charge in [-0.2, -0.15) is 0 Å². The summed E-state index contributed by atoms with van der Waals surface area (Å²) in [4.78, 5) is 30.2. The molecule has 5 nitrogen and oxygen atoms in total. The zero-order valence-electron chi connectivity index (χ0n) is 17.0. The van der Waals surface area contributed by atoms with E-state index in [0.29, 0.717) is 24.4 Å². The molecule has 0 radical (unpaired) electrons. The van der Waals surface area contributed by atoms with E-state index in [1.165, 1.54) is 10.5 Å². The standard InChI is InChI=1S/C24H26N2O3/c1-3-4-7-15-26-23(27)21(18-10-12-19(29-2)13-11-18)22(24(26)28)25-16-14-17-8-5-6-9-20(17)25/h5-6,8-13H,3-4,7,14-16H2,1-2H3. The van der Waals surface area contributed by atoms with E-state index in [1.54, 1.807) is 7.11 Å². The quantitative estimate of drug-likeness (QED) is 0.529.